The van der Waals surface area contributed by atoms with Crippen molar-refractivity contribution in [3.63, 3.8) is 0 Å². The molecule has 0 aliphatic carbocycles. The zero-order valence-electron chi connectivity index (χ0n) is 8.27. The first kappa shape index (κ1) is 10.7. The maximum atomic E-state index is 11.5. The molecule has 1 aromatic rings. The fourth-order valence-corrected chi connectivity index (χ4v) is 1.30. The number of hydrogen-bond donors (Lipinski definition) is 1. The Morgan fingerprint density at radius 2 is 2.07 bits per heavy atom. The molecule has 0 bridgehead atoms. The number of ether oxygens (including phenoxy) is 1. The third-order valence-electron chi connectivity index (χ3n) is 2.01. The Morgan fingerprint density at radius 1 is 1.43 bits per heavy atom. The van der Waals surface area contributed by atoms with Gasteiger partial charge in [0.1, 0.15) is 0 Å². The van der Waals surface area contributed by atoms with E-state index in [4.69, 9.17) is 10.5 Å². The van der Waals surface area contributed by atoms with Crippen LogP contribution in [-0.4, -0.2) is 19.1 Å². The van der Waals surface area contributed by atoms with Gasteiger partial charge in [-0.1, -0.05) is 30.3 Å². The molecule has 0 radical (unpaired) electrons. The number of esters is 1. The minimum atomic E-state index is -0.337. The van der Waals surface area contributed by atoms with Crippen LogP contribution < -0.4 is 5.73 Å². The van der Waals surface area contributed by atoms with Crippen LogP contribution in [0.5, 0.6) is 0 Å². The van der Waals surface area contributed by atoms with Gasteiger partial charge in [0.15, 0.2) is 0 Å². The van der Waals surface area contributed by atoms with Crippen LogP contribution in [0.1, 0.15) is 18.4 Å². The summed E-state index contributed by atoms with van der Waals surface area (Å²) in [6, 6.07) is 9.44. The molecule has 1 atom stereocenters. The molecule has 0 amide bonds. The first-order valence-corrected chi connectivity index (χ1v) is 4.71. The Hall–Kier alpha value is -1.35. The van der Waals surface area contributed by atoms with Crippen LogP contribution in [-0.2, 0) is 9.53 Å². The molecular formula is C11H15NO2. The maximum absolute atomic E-state index is 11.5. The number of hydrogen-bond acceptors (Lipinski definition) is 3. The van der Waals surface area contributed by atoms with E-state index in [1.807, 2.05) is 30.3 Å². The minimum Gasteiger partial charge on any atom is -0.465 e. The molecule has 14 heavy (non-hydrogen) atoms. The first-order valence-electron chi connectivity index (χ1n) is 4.71. The lowest BCUT2D eigenvalue weighted by Crippen LogP contribution is -2.23. The van der Waals surface area contributed by atoms with Gasteiger partial charge in [-0.3, -0.25) is 4.79 Å². The lowest BCUT2D eigenvalue weighted by atomic mass is 10.00. The average molecular weight is 193 g/mol. The zero-order valence-corrected chi connectivity index (χ0v) is 8.27. The van der Waals surface area contributed by atoms with Gasteiger partial charge in [0.05, 0.1) is 12.5 Å². The summed E-state index contributed by atoms with van der Waals surface area (Å²) in [5.41, 5.74) is 6.45. The summed E-state index contributed by atoms with van der Waals surface area (Å²) in [7, 11) is 0. The van der Waals surface area contributed by atoms with E-state index in [0.29, 0.717) is 6.61 Å². The molecule has 0 aromatic heterocycles. The van der Waals surface area contributed by atoms with E-state index >= 15 is 0 Å². The summed E-state index contributed by atoms with van der Waals surface area (Å²) < 4.78 is 4.93. The van der Waals surface area contributed by atoms with Crippen molar-refractivity contribution in [2.75, 3.05) is 13.2 Å². The van der Waals surface area contributed by atoms with Crippen molar-refractivity contribution in [1.29, 1.82) is 0 Å². The summed E-state index contributed by atoms with van der Waals surface area (Å²) in [5.74, 6) is -0.586. The second-order valence-electron chi connectivity index (χ2n) is 2.95. The average Bonchev–Trinajstić information content (AvgIpc) is 2.21. The topological polar surface area (TPSA) is 52.3 Å². The largest absolute Gasteiger partial charge is 0.465 e. The van der Waals surface area contributed by atoms with Crippen molar-refractivity contribution in [2.24, 2.45) is 5.73 Å². The summed E-state index contributed by atoms with van der Waals surface area (Å²) in [4.78, 5) is 11.5. The van der Waals surface area contributed by atoms with Crippen LogP contribution in [0, 0.1) is 0 Å². The molecule has 0 fully saturated rings. The lowest BCUT2D eigenvalue weighted by molar-refractivity contribution is -0.144. The van der Waals surface area contributed by atoms with Crippen LogP contribution >= 0.6 is 0 Å². The molecule has 76 valence electrons. The van der Waals surface area contributed by atoms with E-state index in [-0.39, 0.29) is 18.4 Å². The number of nitrogens with two attached hydrogens (primary N) is 1. The van der Waals surface area contributed by atoms with Gasteiger partial charge in [-0.2, -0.15) is 0 Å². The molecule has 0 saturated carbocycles. The smallest absolute Gasteiger partial charge is 0.314 e. The molecule has 1 rings (SSSR count). The van der Waals surface area contributed by atoms with Crippen molar-refractivity contribution < 1.29 is 9.53 Å². The number of carbonyl (C=O) groups excluding carboxylic acids is 1. The highest BCUT2D eigenvalue weighted by Crippen LogP contribution is 2.15. The maximum Gasteiger partial charge on any atom is 0.314 e. The summed E-state index contributed by atoms with van der Waals surface area (Å²) in [5, 5.41) is 0. The molecule has 3 nitrogen and oxygen atoms in total. The van der Waals surface area contributed by atoms with E-state index in [0.717, 1.165) is 5.56 Å². The number of carbonyl (C=O) groups is 1. The fourth-order valence-electron chi connectivity index (χ4n) is 1.30. The Labute approximate surface area is 83.9 Å². The third kappa shape index (κ3) is 2.57. The minimum absolute atomic E-state index is 0.249. The fraction of sp³-hybridized carbons (Fsp3) is 0.364. The van der Waals surface area contributed by atoms with Crippen LogP contribution in [0.4, 0.5) is 0 Å². The quantitative estimate of drug-likeness (QED) is 0.733. The molecule has 0 saturated heterocycles. The van der Waals surface area contributed by atoms with Gasteiger partial charge in [0, 0.05) is 6.54 Å². The SMILES string of the molecule is CCOC(=O)C(CN)c1ccccc1. The Morgan fingerprint density at radius 3 is 2.57 bits per heavy atom. The molecule has 0 aliphatic heterocycles. The second-order valence-corrected chi connectivity index (χ2v) is 2.95. The highest BCUT2D eigenvalue weighted by Gasteiger charge is 2.19. The van der Waals surface area contributed by atoms with Crippen LogP contribution in [0.25, 0.3) is 0 Å². The molecule has 3 heteroatoms. The Bertz CT molecular complexity index is 285. The van der Waals surface area contributed by atoms with Crippen LogP contribution in [0.15, 0.2) is 30.3 Å². The summed E-state index contributed by atoms with van der Waals surface area (Å²) >= 11 is 0. The van der Waals surface area contributed by atoms with Gasteiger partial charge in [0.2, 0.25) is 0 Å². The van der Waals surface area contributed by atoms with E-state index in [1.165, 1.54) is 0 Å². The van der Waals surface area contributed by atoms with Crippen molar-refractivity contribution in [3.8, 4) is 0 Å². The number of benzene rings is 1. The predicted octanol–water partition coefficient (Wildman–Crippen LogP) is 1.29. The van der Waals surface area contributed by atoms with Crippen LogP contribution in [0.2, 0.25) is 0 Å². The predicted molar refractivity (Wildman–Crippen MR) is 54.9 cm³/mol. The molecule has 2 N–H and O–H groups in total. The van der Waals surface area contributed by atoms with Crippen molar-refractivity contribution in [2.45, 2.75) is 12.8 Å². The van der Waals surface area contributed by atoms with E-state index in [1.54, 1.807) is 6.92 Å². The highest BCUT2D eigenvalue weighted by molar-refractivity contribution is 5.78. The molecule has 0 aliphatic rings. The third-order valence-corrected chi connectivity index (χ3v) is 2.01. The monoisotopic (exact) mass is 193 g/mol. The summed E-state index contributed by atoms with van der Waals surface area (Å²) in [6.45, 7) is 2.46. The van der Waals surface area contributed by atoms with Gasteiger partial charge in [0.25, 0.3) is 0 Å². The van der Waals surface area contributed by atoms with Gasteiger partial charge in [-0.15, -0.1) is 0 Å². The van der Waals surface area contributed by atoms with Gasteiger partial charge in [-0.25, -0.2) is 0 Å². The zero-order chi connectivity index (χ0) is 10.4. The second kappa shape index (κ2) is 5.40. The molecule has 1 aromatic carbocycles. The summed E-state index contributed by atoms with van der Waals surface area (Å²) in [6.07, 6.45) is 0. The molecular weight excluding hydrogens is 178 g/mol. The van der Waals surface area contributed by atoms with E-state index in [2.05, 4.69) is 0 Å². The molecule has 0 spiro atoms. The van der Waals surface area contributed by atoms with E-state index < -0.39 is 0 Å². The Kier molecular flexibility index (Phi) is 4.13. The first-order chi connectivity index (χ1) is 6.79. The van der Waals surface area contributed by atoms with Gasteiger partial charge >= 0.3 is 5.97 Å². The van der Waals surface area contributed by atoms with Gasteiger partial charge in [-0.05, 0) is 12.5 Å². The Balaban J connectivity index is 2.77. The lowest BCUT2D eigenvalue weighted by Gasteiger charge is -2.13. The molecule has 1 unspecified atom stereocenters. The van der Waals surface area contributed by atoms with E-state index in [9.17, 15) is 4.79 Å². The normalized spacial score (nSPS) is 12.1. The molecule has 0 heterocycles. The van der Waals surface area contributed by atoms with Crippen LogP contribution in [0.3, 0.4) is 0 Å². The van der Waals surface area contributed by atoms with Crippen molar-refractivity contribution in [1.82, 2.24) is 0 Å². The van der Waals surface area contributed by atoms with Gasteiger partial charge < -0.3 is 10.5 Å². The van der Waals surface area contributed by atoms with Crippen molar-refractivity contribution in [3.05, 3.63) is 35.9 Å². The number of rotatable bonds is 4. The highest BCUT2D eigenvalue weighted by atomic mass is 16.5. The van der Waals surface area contributed by atoms with Crippen molar-refractivity contribution >= 4 is 5.97 Å². The standard InChI is InChI=1S/C11H15NO2/c1-2-14-11(13)10(8-12)9-6-4-3-5-7-9/h3-7,10H,2,8,12H2,1H3.